The zero-order chi connectivity index (χ0) is 15.6. The minimum Gasteiger partial charge on any atom is -0.478 e. The summed E-state index contributed by atoms with van der Waals surface area (Å²) in [7, 11) is 0. The highest BCUT2D eigenvalue weighted by atomic mass is 16.5. The van der Waals surface area contributed by atoms with Crippen LogP contribution in [0.25, 0.3) is 0 Å². The van der Waals surface area contributed by atoms with Gasteiger partial charge in [-0.3, -0.25) is 9.78 Å². The number of aromatic nitrogens is 2. The number of aromatic carboxylic acids is 1. The molecule has 0 radical (unpaired) electrons. The van der Waals surface area contributed by atoms with Gasteiger partial charge in [-0.2, -0.15) is 0 Å². The van der Waals surface area contributed by atoms with Gasteiger partial charge in [-0.1, -0.05) is 19.0 Å². The van der Waals surface area contributed by atoms with Crippen LogP contribution in [0.4, 0.5) is 5.69 Å². The lowest BCUT2D eigenvalue weighted by Gasteiger charge is -2.08. The van der Waals surface area contributed by atoms with Crippen molar-refractivity contribution in [3.8, 4) is 0 Å². The quantitative estimate of drug-likeness (QED) is 0.895. The summed E-state index contributed by atoms with van der Waals surface area (Å²) in [6, 6.07) is 1.32. The van der Waals surface area contributed by atoms with E-state index < -0.39 is 11.9 Å². The molecule has 0 saturated carbocycles. The number of nitrogens with one attached hydrogen (secondary N) is 1. The lowest BCUT2D eigenvalue weighted by molar-refractivity contribution is 0.0698. The predicted octanol–water partition coefficient (Wildman–Crippen LogP) is 2.45. The Bertz CT molecular complexity index is 691. The van der Waals surface area contributed by atoms with Crippen LogP contribution < -0.4 is 5.32 Å². The summed E-state index contributed by atoms with van der Waals surface area (Å²) in [5, 5.41) is 15.4. The standard InChI is InChI=1S/C14H15N3O4/c1-7(2)12-11(8(3)17-21-12)13(18)16-10-6-15-5-4-9(10)14(19)20/h4-7H,1-3H3,(H,16,18)(H,19,20). The van der Waals surface area contributed by atoms with E-state index in [4.69, 9.17) is 9.63 Å². The Morgan fingerprint density at radius 1 is 1.38 bits per heavy atom. The highest BCUT2D eigenvalue weighted by Gasteiger charge is 2.23. The number of carboxylic acid groups (broad SMARTS) is 1. The Morgan fingerprint density at radius 2 is 2.10 bits per heavy atom. The van der Waals surface area contributed by atoms with Crippen molar-refractivity contribution in [2.45, 2.75) is 26.7 Å². The summed E-state index contributed by atoms with van der Waals surface area (Å²) in [6.45, 7) is 5.42. The number of carboxylic acids is 1. The molecule has 0 aliphatic heterocycles. The molecule has 2 aromatic heterocycles. The van der Waals surface area contributed by atoms with Gasteiger partial charge in [0.2, 0.25) is 0 Å². The van der Waals surface area contributed by atoms with Crippen molar-refractivity contribution in [3.63, 3.8) is 0 Å². The molecule has 2 rings (SSSR count). The predicted molar refractivity (Wildman–Crippen MR) is 74.5 cm³/mol. The van der Waals surface area contributed by atoms with Crippen LogP contribution in [0, 0.1) is 6.92 Å². The molecule has 0 fully saturated rings. The molecule has 110 valence electrons. The van der Waals surface area contributed by atoms with Crippen LogP contribution in [0.5, 0.6) is 0 Å². The largest absolute Gasteiger partial charge is 0.478 e. The number of carbonyl (C=O) groups excluding carboxylic acids is 1. The van der Waals surface area contributed by atoms with Crippen LogP contribution in [0.2, 0.25) is 0 Å². The Balaban J connectivity index is 2.35. The molecule has 2 N–H and O–H groups in total. The highest BCUT2D eigenvalue weighted by molar-refractivity contribution is 6.08. The summed E-state index contributed by atoms with van der Waals surface area (Å²) in [6.07, 6.45) is 2.64. The van der Waals surface area contributed by atoms with E-state index in [-0.39, 0.29) is 17.2 Å². The molecular weight excluding hydrogens is 274 g/mol. The van der Waals surface area contributed by atoms with E-state index in [2.05, 4.69) is 15.5 Å². The molecule has 1 amide bonds. The summed E-state index contributed by atoms with van der Waals surface area (Å²) in [4.78, 5) is 27.3. The van der Waals surface area contributed by atoms with Crippen LogP contribution in [-0.4, -0.2) is 27.1 Å². The van der Waals surface area contributed by atoms with Crippen LogP contribution >= 0.6 is 0 Å². The maximum atomic E-state index is 12.4. The molecule has 0 saturated heterocycles. The Hall–Kier alpha value is -2.70. The third-order valence-corrected chi connectivity index (χ3v) is 2.94. The zero-order valence-corrected chi connectivity index (χ0v) is 11.9. The van der Waals surface area contributed by atoms with Gasteiger partial charge < -0.3 is 14.9 Å². The number of nitrogens with zero attached hydrogens (tertiary/aromatic N) is 2. The lowest BCUT2D eigenvalue weighted by Crippen LogP contribution is -2.17. The summed E-state index contributed by atoms with van der Waals surface area (Å²) >= 11 is 0. The minimum absolute atomic E-state index is 0.0141. The maximum Gasteiger partial charge on any atom is 0.337 e. The molecule has 2 aromatic rings. The fraction of sp³-hybridized carbons (Fsp3) is 0.286. The van der Waals surface area contributed by atoms with Crippen molar-refractivity contribution in [2.75, 3.05) is 5.32 Å². The number of anilines is 1. The highest BCUT2D eigenvalue weighted by Crippen LogP contribution is 2.24. The van der Waals surface area contributed by atoms with Crippen molar-refractivity contribution in [1.29, 1.82) is 0 Å². The van der Waals surface area contributed by atoms with Crippen LogP contribution in [0.3, 0.4) is 0 Å². The molecule has 21 heavy (non-hydrogen) atoms. The molecule has 0 aliphatic carbocycles. The van der Waals surface area contributed by atoms with Crippen LogP contribution in [-0.2, 0) is 0 Å². The average molecular weight is 289 g/mol. The summed E-state index contributed by atoms with van der Waals surface area (Å²) in [5.74, 6) is -1.16. The molecule has 7 nitrogen and oxygen atoms in total. The second-order valence-electron chi connectivity index (χ2n) is 4.84. The molecule has 0 aliphatic rings. The topological polar surface area (TPSA) is 105 Å². The van der Waals surface area contributed by atoms with Crippen LogP contribution in [0.1, 0.15) is 51.9 Å². The van der Waals surface area contributed by atoms with E-state index >= 15 is 0 Å². The first-order valence-corrected chi connectivity index (χ1v) is 6.36. The molecule has 0 spiro atoms. The molecule has 0 atom stereocenters. The van der Waals surface area contributed by atoms with Gasteiger partial charge in [0, 0.05) is 12.1 Å². The first kappa shape index (κ1) is 14.7. The first-order valence-electron chi connectivity index (χ1n) is 6.36. The van der Waals surface area contributed by atoms with Gasteiger partial charge in [0.05, 0.1) is 23.1 Å². The van der Waals surface area contributed by atoms with E-state index in [0.717, 1.165) is 0 Å². The Morgan fingerprint density at radius 3 is 2.71 bits per heavy atom. The van der Waals surface area contributed by atoms with Gasteiger partial charge in [0.15, 0.2) is 5.76 Å². The molecule has 0 bridgehead atoms. The van der Waals surface area contributed by atoms with E-state index in [1.807, 2.05) is 13.8 Å². The molecule has 7 heteroatoms. The summed E-state index contributed by atoms with van der Waals surface area (Å²) in [5.41, 5.74) is 0.881. The smallest absolute Gasteiger partial charge is 0.337 e. The van der Waals surface area contributed by atoms with Gasteiger partial charge >= 0.3 is 5.97 Å². The Kier molecular flexibility index (Phi) is 4.02. The number of hydrogen-bond acceptors (Lipinski definition) is 5. The lowest BCUT2D eigenvalue weighted by atomic mass is 10.0. The Labute approximate surface area is 121 Å². The number of carbonyl (C=O) groups is 2. The van der Waals surface area contributed by atoms with Gasteiger partial charge in [-0.05, 0) is 13.0 Å². The fourth-order valence-electron chi connectivity index (χ4n) is 1.92. The first-order chi connectivity index (χ1) is 9.91. The summed E-state index contributed by atoms with van der Waals surface area (Å²) < 4.78 is 5.15. The van der Waals surface area contributed by atoms with Crippen molar-refractivity contribution in [1.82, 2.24) is 10.1 Å². The van der Waals surface area contributed by atoms with E-state index in [0.29, 0.717) is 17.0 Å². The number of hydrogen-bond donors (Lipinski definition) is 2. The molecule has 2 heterocycles. The van der Waals surface area contributed by atoms with E-state index in [9.17, 15) is 9.59 Å². The van der Waals surface area contributed by atoms with Crippen molar-refractivity contribution < 1.29 is 19.2 Å². The monoisotopic (exact) mass is 289 g/mol. The normalized spacial score (nSPS) is 10.7. The number of pyridine rings is 1. The van der Waals surface area contributed by atoms with Crippen LogP contribution in [0.15, 0.2) is 23.0 Å². The zero-order valence-electron chi connectivity index (χ0n) is 11.9. The fourth-order valence-corrected chi connectivity index (χ4v) is 1.92. The van der Waals surface area contributed by atoms with Gasteiger partial charge in [0.25, 0.3) is 5.91 Å². The molecule has 0 aromatic carbocycles. The second kappa shape index (κ2) is 5.74. The average Bonchev–Trinajstić information content (AvgIpc) is 2.81. The number of aryl methyl sites for hydroxylation is 1. The van der Waals surface area contributed by atoms with Gasteiger partial charge in [-0.15, -0.1) is 0 Å². The number of rotatable bonds is 4. The minimum atomic E-state index is -1.14. The maximum absolute atomic E-state index is 12.4. The third-order valence-electron chi connectivity index (χ3n) is 2.94. The second-order valence-corrected chi connectivity index (χ2v) is 4.84. The van der Waals surface area contributed by atoms with Crippen molar-refractivity contribution >= 4 is 17.6 Å². The van der Waals surface area contributed by atoms with E-state index in [1.54, 1.807) is 6.92 Å². The molecular formula is C14H15N3O4. The van der Waals surface area contributed by atoms with Crippen molar-refractivity contribution in [3.05, 3.63) is 41.0 Å². The van der Waals surface area contributed by atoms with Gasteiger partial charge in [-0.25, -0.2) is 4.79 Å². The van der Waals surface area contributed by atoms with E-state index in [1.165, 1.54) is 18.5 Å². The number of amides is 1. The van der Waals surface area contributed by atoms with Crippen molar-refractivity contribution in [2.24, 2.45) is 0 Å². The van der Waals surface area contributed by atoms with Gasteiger partial charge in [0.1, 0.15) is 5.56 Å². The SMILES string of the molecule is Cc1noc(C(C)C)c1C(=O)Nc1cnccc1C(=O)O. The molecule has 0 unspecified atom stereocenters. The third kappa shape index (κ3) is 2.91.